The molecule has 0 aliphatic heterocycles. The summed E-state index contributed by atoms with van der Waals surface area (Å²) in [4.78, 5) is 19.2. The molecular formula is C14H22N2OS. The molecular weight excluding hydrogens is 244 g/mol. The largest absolute Gasteiger partial charge is 0.301 e. The van der Waals surface area contributed by atoms with Crippen LogP contribution in [0.25, 0.3) is 0 Å². The van der Waals surface area contributed by atoms with Crippen molar-refractivity contribution in [3.8, 4) is 0 Å². The van der Waals surface area contributed by atoms with Gasteiger partial charge in [0.15, 0.2) is 5.16 Å². The SMILES string of the molecule is C=C(C)Cc1c(C)nc(SCCC(C)C)[nH]c1=O. The summed E-state index contributed by atoms with van der Waals surface area (Å²) in [5.74, 6) is 1.66. The summed E-state index contributed by atoms with van der Waals surface area (Å²) in [6.07, 6.45) is 1.73. The lowest BCUT2D eigenvalue weighted by Crippen LogP contribution is -2.17. The van der Waals surface area contributed by atoms with Crippen molar-refractivity contribution in [1.82, 2.24) is 9.97 Å². The smallest absolute Gasteiger partial charge is 0.255 e. The minimum atomic E-state index is -0.0300. The number of nitrogens with one attached hydrogen (secondary N) is 1. The Hall–Kier alpha value is -1.03. The van der Waals surface area contributed by atoms with E-state index in [9.17, 15) is 4.79 Å². The van der Waals surface area contributed by atoms with E-state index < -0.39 is 0 Å². The van der Waals surface area contributed by atoms with Crippen molar-refractivity contribution in [3.05, 3.63) is 33.8 Å². The monoisotopic (exact) mass is 266 g/mol. The molecule has 1 heterocycles. The van der Waals surface area contributed by atoms with Crippen molar-refractivity contribution in [3.63, 3.8) is 0 Å². The Balaban J connectivity index is 2.79. The molecule has 0 unspecified atom stereocenters. The van der Waals surface area contributed by atoms with Gasteiger partial charge in [0.2, 0.25) is 0 Å². The van der Waals surface area contributed by atoms with E-state index in [0.29, 0.717) is 12.3 Å². The molecule has 1 aromatic heterocycles. The van der Waals surface area contributed by atoms with Crippen LogP contribution in [0.5, 0.6) is 0 Å². The average molecular weight is 266 g/mol. The van der Waals surface area contributed by atoms with Gasteiger partial charge in [-0.2, -0.15) is 0 Å². The first-order valence-electron chi connectivity index (χ1n) is 6.27. The predicted molar refractivity (Wildman–Crippen MR) is 78.3 cm³/mol. The predicted octanol–water partition coefficient (Wildman–Crippen LogP) is 3.34. The van der Waals surface area contributed by atoms with Crippen LogP contribution in [0.1, 0.15) is 38.4 Å². The highest BCUT2D eigenvalue weighted by Crippen LogP contribution is 2.16. The molecule has 0 aliphatic rings. The first-order chi connectivity index (χ1) is 8.40. The van der Waals surface area contributed by atoms with Gasteiger partial charge < -0.3 is 4.98 Å². The maximum absolute atomic E-state index is 11.9. The summed E-state index contributed by atoms with van der Waals surface area (Å²) in [5.41, 5.74) is 2.49. The number of aromatic nitrogens is 2. The van der Waals surface area contributed by atoms with Crippen LogP contribution in [0.15, 0.2) is 22.1 Å². The van der Waals surface area contributed by atoms with Crippen LogP contribution < -0.4 is 5.56 Å². The van der Waals surface area contributed by atoms with Gasteiger partial charge in [-0.25, -0.2) is 4.98 Å². The Morgan fingerprint density at radius 1 is 1.50 bits per heavy atom. The molecule has 0 aromatic carbocycles. The standard InChI is InChI=1S/C14H22N2OS/c1-9(2)6-7-18-14-15-11(5)12(8-10(3)4)13(17)16-14/h9H,3,6-8H2,1-2,4-5H3,(H,15,16,17). The third-order valence-corrected chi connectivity index (χ3v) is 3.52. The summed E-state index contributed by atoms with van der Waals surface area (Å²) in [6, 6.07) is 0. The zero-order chi connectivity index (χ0) is 13.7. The van der Waals surface area contributed by atoms with E-state index in [0.717, 1.165) is 34.2 Å². The molecule has 0 bridgehead atoms. The van der Waals surface area contributed by atoms with Gasteiger partial charge >= 0.3 is 0 Å². The highest BCUT2D eigenvalue weighted by Gasteiger charge is 2.08. The van der Waals surface area contributed by atoms with Gasteiger partial charge in [-0.05, 0) is 26.2 Å². The molecule has 1 rings (SSSR count). The zero-order valence-corrected chi connectivity index (χ0v) is 12.5. The van der Waals surface area contributed by atoms with Gasteiger partial charge in [0.1, 0.15) is 0 Å². The molecule has 0 radical (unpaired) electrons. The van der Waals surface area contributed by atoms with E-state index in [4.69, 9.17) is 0 Å². The van der Waals surface area contributed by atoms with Crippen LogP contribution in [0.2, 0.25) is 0 Å². The van der Waals surface area contributed by atoms with Crippen molar-refractivity contribution in [2.75, 3.05) is 5.75 Å². The number of rotatable bonds is 6. The zero-order valence-electron chi connectivity index (χ0n) is 11.7. The Morgan fingerprint density at radius 2 is 2.17 bits per heavy atom. The van der Waals surface area contributed by atoms with Gasteiger partial charge in [-0.1, -0.05) is 37.8 Å². The molecule has 0 saturated heterocycles. The highest BCUT2D eigenvalue weighted by molar-refractivity contribution is 7.99. The second-order valence-corrected chi connectivity index (χ2v) is 6.18. The molecule has 0 fully saturated rings. The Kier molecular flexibility index (Phi) is 5.66. The summed E-state index contributed by atoms with van der Waals surface area (Å²) >= 11 is 1.62. The number of allylic oxidation sites excluding steroid dienone is 1. The van der Waals surface area contributed by atoms with E-state index in [-0.39, 0.29) is 5.56 Å². The molecule has 100 valence electrons. The topological polar surface area (TPSA) is 45.8 Å². The maximum atomic E-state index is 11.9. The van der Waals surface area contributed by atoms with Crippen LogP contribution in [0.4, 0.5) is 0 Å². The van der Waals surface area contributed by atoms with E-state index in [2.05, 4.69) is 30.4 Å². The van der Waals surface area contributed by atoms with Crippen molar-refractivity contribution >= 4 is 11.8 Å². The van der Waals surface area contributed by atoms with E-state index >= 15 is 0 Å². The van der Waals surface area contributed by atoms with Crippen LogP contribution in [0.3, 0.4) is 0 Å². The Labute approximate surface area is 113 Å². The molecule has 18 heavy (non-hydrogen) atoms. The Morgan fingerprint density at radius 3 is 2.67 bits per heavy atom. The van der Waals surface area contributed by atoms with Gasteiger partial charge in [0, 0.05) is 23.4 Å². The quantitative estimate of drug-likeness (QED) is 0.488. The minimum Gasteiger partial charge on any atom is -0.301 e. The molecule has 0 spiro atoms. The van der Waals surface area contributed by atoms with E-state index in [1.54, 1.807) is 11.8 Å². The molecule has 0 saturated carbocycles. The second-order valence-electron chi connectivity index (χ2n) is 5.10. The van der Waals surface area contributed by atoms with Crippen LogP contribution in [-0.2, 0) is 6.42 Å². The van der Waals surface area contributed by atoms with Gasteiger partial charge in [-0.15, -0.1) is 0 Å². The van der Waals surface area contributed by atoms with Gasteiger partial charge in [0.25, 0.3) is 5.56 Å². The van der Waals surface area contributed by atoms with Crippen molar-refractivity contribution < 1.29 is 0 Å². The summed E-state index contributed by atoms with van der Waals surface area (Å²) in [6.45, 7) is 12.0. The molecule has 0 amide bonds. The second kappa shape index (κ2) is 6.78. The number of hydrogen-bond acceptors (Lipinski definition) is 3. The van der Waals surface area contributed by atoms with Crippen LogP contribution in [-0.4, -0.2) is 15.7 Å². The molecule has 0 atom stereocenters. The van der Waals surface area contributed by atoms with E-state index in [1.165, 1.54) is 0 Å². The van der Waals surface area contributed by atoms with Crippen molar-refractivity contribution in [2.45, 2.75) is 45.7 Å². The molecule has 1 aromatic rings. The number of aromatic amines is 1. The average Bonchev–Trinajstić information content (AvgIpc) is 2.22. The molecule has 1 N–H and O–H groups in total. The fourth-order valence-corrected chi connectivity index (χ4v) is 2.70. The first-order valence-corrected chi connectivity index (χ1v) is 7.25. The number of hydrogen-bond donors (Lipinski definition) is 1. The number of nitrogens with zero attached hydrogens (tertiary/aromatic N) is 1. The Bertz CT molecular complexity index is 477. The number of thioether (sulfide) groups is 1. The van der Waals surface area contributed by atoms with E-state index in [1.807, 2.05) is 13.8 Å². The lowest BCUT2D eigenvalue weighted by molar-refractivity contribution is 0.631. The first kappa shape index (κ1) is 15.0. The highest BCUT2D eigenvalue weighted by atomic mass is 32.2. The fraction of sp³-hybridized carbons (Fsp3) is 0.571. The summed E-state index contributed by atoms with van der Waals surface area (Å²) < 4.78 is 0. The lowest BCUT2D eigenvalue weighted by atomic mass is 10.1. The van der Waals surface area contributed by atoms with Crippen molar-refractivity contribution in [2.24, 2.45) is 5.92 Å². The van der Waals surface area contributed by atoms with Gasteiger partial charge in [0.05, 0.1) is 0 Å². The molecule has 3 nitrogen and oxygen atoms in total. The number of aryl methyl sites for hydroxylation is 1. The normalized spacial score (nSPS) is 10.9. The lowest BCUT2D eigenvalue weighted by Gasteiger charge is -2.07. The summed E-state index contributed by atoms with van der Waals surface area (Å²) in [5, 5.41) is 0.726. The van der Waals surface area contributed by atoms with Crippen LogP contribution >= 0.6 is 11.8 Å². The molecule has 0 aliphatic carbocycles. The third-order valence-electron chi connectivity index (χ3n) is 2.61. The third kappa shape index (κ3) is 4.69. The summed E-state index contributed by atoms with van der Waals surface area (Å²) in [7, 11) is 0. The van der Waals surface area contributed by atoms with Crippen LogP contribution in [0, 0.1) is 12.8 Å². The van der Waals surface area contributed by atoms with Crippen molar-refractivity contribution in [1.29, 1.82) is 0 Å². The fourth-order valence-electron chi connectivity index (χ4n) is 1.55. The maximum Gasteiger partial charge on any atom is 0.255 e. The van der Waals surface area contributed by atoms with Gasteiger partial charge in [-0.3, -0.25) is 4.79 Å². The number of H-pyrrole nitrogens is 1. The molecule has 4 heteroatoms. The minimum absolute atomic E-state index is 0.0300.